The zero-order valence-corrected chi connectivity index (χ0v) is 12.5. The van der Waals surface area contributed by atoms with Gasteiger partial charge in [0.05, 0.1) is 6.10 Å². The number of unbranched alkanes of at least 4 members (excludes halogenated alkanes) is 3. The van der Waals surface area contributed by atoms with Gasteiger partial charge in [-0.15, -0.1) is 0 Å². The minimum absolute atomic E-state index is 0.0307. The molecule has 112 valence electrons. The first-order chi connectivity index (χ1) is 9.67. The molecule has 0 aliphatic carbocycles. The predicted octanol–water partition coefficient (Wildman–Crippen LogP) is 3.24. The molecular weight excluding hydrogens is 252 g/mol. The highest BCUT2D eigenvalue weighted by molar-refractivity contribution is 5.90. The van der Waals surface area contributed by atoms with Crippen LogP contribution >= 0.6 is 0 Å². The molecule has 1 rings (SSSR count). The molecule has 4 nitrogen and oxygen atoms in total. The predicted molar refractivity (Wildman–Crippen MR) is 82.6 cm³/mol. The van der Waals surface area contributed by atoms with Gasteiger partial charge < -0.3 is 15.8 Å². The maximum atomic E-state index is 11.8. The van der Waals surface area contributed by atoms with Crippen molar-refractivity contribution in [1.29, 1.82) is 0 Å². The average molecular weight is 278 g/mol. The highest BCUT2D eigenvalue weighted by Crippen LogP contribution is 2.19. The van der Waals surface area contributed by atoms with Crippen molar-refractivity contribution in [2.24, 2.45) is 5.73 Å². The number of ether oxygens (including phenoxy) is 1. The van der Waals surface area contributed by atoms with Crippen molar-refractivity contribution >= 4 is 11.6 Å². The number of hydrogen-bond donors (Lipinski definition) is 2. The number of amides is 1. The van der Waals surface area contributed by atoms with Gasteiger partial charge in [-0.25, -0.2) is 0 Å². The van der Waals surface area contributed by atoms with Gasteiger partial charge in [-0.1, -0.05) is 25.0 Å². The van der Waals surface area contributed by atoms with Crippen molar-refractivity contribution in [3.8, 4) is 0 Å². The molecule has 0 spiro atoms. The second-order valence-electron chi connectivity index (χ2n) is 5.00. The van der Waals surface area contributed by atoms with Crippen molar-refractivity contribution < 1.29 is 9.53 Å². The molecule has 0 aromatic heterocycles. The molecule has 3 N–H and O–H groups in total. The van der Waals surface area contributed by atoms with Gasteiger partial charge in [0.2, 0.25) is 5.91 Å². The van der Waals surface area contributed by atoms with E-state index in [-0.39, 0.29) is 12.0 Å². The number of nitrogens with one attached hydrogen (secondary N) is 1. The Labute approximate surface area is 121 Å². The molecule has 1 amide bonds. The summed E-state index contributed by atoms with van der Waals surface area (Å²) >= 11 is 0. The van der Waals surface area contributed by atoms with Crippen molar-refractivity contribution in [2.75, 3.05) is 19.0 Å². The Hall–Kier alpha value is -1.39. The van der Waals surface area contributed by atoms with E-state index in [1.807, 2.05) is 31.2 Å². The summed E-state index contributed by atoms with van der Waals surface area (Å²) < 4.78 is 5.28. The fraction of sp³-hybridized carbons (Fsp3) is 0.562. The minimum Gasteiger partial charge on any atom is -0.377 e. The van der Waals surface area contributed by atoms with Crippen LogP contribution in [0, 0.1) is 0 Å². The average Bonchev–Trinajstić information content (AvgIpc) is 2.46. The van der Waals surface area contributed by atoms with Crippen LogP contribution in [0.2, 0.25) is 0 Å². The van der Waals surface area contributed by atoms with E-state index < -0.39 is 0 Å². The van der Waals surface area contributed by atoms with Crippen molar-refractivity contribution in [3.63, 3.8) is 0 Å². The summed E-state index contributed by atoms with van der Waals surface area (Å²) in [5, 5.41) is 2.93. The largest absolute Gasteiger partial charge is 0.377 e. The maximum absolute atomic E-state index is 11.8. The van der Waals surface area contributed by atoms with E-state index in [2.05, 4.69) is 5.32 Å². The Kier molecular flexibility index (Phi) is 7.92. The van der Waals surface area contributed by atoms with Gasteiger partial charge in [0, 0.05) is 19.2 Å². The smallest absolute Gasteiger partial charge is 0.224 e. The van der Waals surface area contributed by atoms with Gasteiger partial charge >= 0.3 is 0 Å². The summed E-state index contributed by atoms with van der Waals surface area (Å²) in [7, 11) is 1.68. The van der Waals surface area contributed by atoms with Crippen LogP contribution in [0.5, 0.6) is 0 Å². The van der Waals surface area contributed by atoms with Crippen LogP contribution in [-0.4, -0.2) is 19.6 Å². The number of anilines is 1. The first kappa shape index (κ1) is 16.7. The molecule has 0 aliphatic rings. The van der Waals surface area contributed by atoms with E-state index in [1.165, 1.54) is 0 Å². The van der Waals surface area contributed by atoms with Crippen LogP contribution in [0.15, 0.2) is 24.3 Å². The normalized spacial score (nSPS) is 12.2. The van der Waals surface area contributed by atoms with E-state index in [0.29, 0.717) is 6.42 Å². The summed E-state index contributed by atoms with van der Waals surface area (Å²) in [4.78, 5) is 11.8. The van der Waals surface area contributed by atoms with Crippen LogP contribution < -0.4 is 11.1 Å². The molecule has 0 aliphatic heterocycles. The van der Waals surface area contributed by atoms with Crippen LogP contribution in [0.3, 0.4) is 0 Å². The van der Waals surface area contributed by atoms with Crippen LogP contribution in [-0.2, 0) is 9.53 Å². The Morgan fingerprint density at radius 3 is 2.75 bits per heavy atom. The fourth-order valence-corrected chi connectivity index (χ4v) is 2.01. The third-order valence-corrected chi connectivity index (χ3v) is 3.35. The van der Waals surface area contributed by atoms with Crippen LogP contribution in [0.25, 0.3) is 0 Å². The molecule has 1 unspecified atom stereocenters. The lowest BCUT2D eigenvalue weighted by Crippen LogP contribution is -2.11. The van der Waals surface area contributed by atoms with E-state index in [0.717, 1.165) is 43.5 Å². The van der Waals surface area contributed by atoms with Gasteiger partial charge in [-0.05, 0) is 44.0 Å². The fourth-order valence-electron chi connectivity index (χ4n) is 2.01. The lowest BCUT2D eigenvalue weighted by atomic mass is 10.1. The molecule has 0 saturated carbocycles. The Balaban J connectivity index is 2.38. The number of carbonyl (C=O) groups is 1. The summed E-state index contributed by atoms with van der Waals surface area (Å²) in [5.74, 6) is 0.0694. The Bertz CT molecular complexity index is 407. The Morgan fingerprint density at radius 1 is 1.30 bits per heavy atom. The molecule has 20 heavy (non-hydrogen) atoms. The third kappa shape index (κ3) is 6.17. The monoisotopic (exact) mass is 278 g/mol. The van der Waals surface area contributed by atoms with Crippen molar-refractivity contribution in [3.05, 3.63) is 29.8 Å². The molecule has 1 atom stereocenters. The Morgan fingerprint density at radius 2 is 2.05 bits per heavy atom. The van der Waals surface area contributed by atoms with E-state index >= 15 is 0 Å². The molecule has 0 radical (unpaired) electrons. The van der Waals surface area contributed by atoms with E-state index in [4.69, 9.17) is 10.5 Å². The number of carbonyl (C=O) groups excluding carboxylic acids is 1. The van der Waals surface area contributed by atoms with Gasteiger partial charge in [0.1, 0.15) is 0 Å². The second-order valence-corrected chi connectivity index (χ2v) is 5.00. The van der Waals surface area contributed by atoms with Crippen LogP contribution in [0.1, 0.15) is 50.7 Å². The third-order valence-electron chi connectivity index (χ3n) is 3.35. The highest BCUT2D eigenvalue weighted by atomic mass is 16.5. The molecule has 0 saturated heterocycles. The number of hydrogen-bond acceptors (Lipinski definition) is 3. The van der Waals surface area contributed by atoms with Gasteiger partial charge in [0.25, 0.3) is 0 Å². The zero-order chi connectivity index (χ0) is 14.8. The zero-order valence-electron chi connectivity index (χ0n) is 12.5. The summed E-state index contributed by atoms with van der Waals surface area (Å²) in [5.41, 5.74) is 7.33. The molecule has 1 aromatic carbocycles. The standard InChI is InChI=1S/C16H26N2O2/c1-13(20-2)14-8-7-9-15(12-14)18-16(19)10-5-3-4-6-11-17/h7-9,12-13H,3-6,10-11,17H2,1-2H3,(H,18,19). The topological polar surface area (TPSA) is 64.3 Å². The van der Waals surface area contributed by atoms with E-state index in [9.17, 15) is 4.79 Å². The SMILES string of the molecule is COC(C)c1cccc(NC(=O)CCCCCCN)c1. The second kappa shape index (κ2) is 9.50. The first-order valence-electron chi connectivity index (χ1n) is 7.30. The maximum Gasteiger partial charge on any atom is 0.224 e. The van der Waals surface area contributed by atoms with Gasteiger partial charge in [0.15, 0.2) is 0 Å². The lowest BCUT2D eigenvalue weighted by Gasteiger charge is -2.12. The van der Waals surface area contributed by atoms with Crippen LogP contribution in [0.4, 0.5) is 5.69 Å². The molecule has 1 aromatic rings. The lowest BCUT2D eigenvalue weighted by molar-refractivity contribution is -0.116. The molecule has 0 heterocycles. The number of methoxy groups -OCH3 is 1. The van der Waals surface area contributed by atoms with E-state index in [1.54, 1.807) is 7.11 Å². The van der Waals surface area contributed by atoms with Crippen molar-refractivity contribution in [2.45, 2.75) is 45.1 Å². The summed E-state index contributed by atoms with van der Waals surface area (Å²) in [6, 6.07) is 7.79. The van der Waals surface area contributed by atoms with Gasteiger partial charge in [-0.2, -0.15) is 0 Å². The van der Waals surface area contributed by atoms with Gasteiger partial charge in [-0.3, -0.25) is 4.79 Å². The molecular formula is C16H26N2O2. The number of benzene rings is 1. The number of rotatable bonds is 9. The molecule has 0 fully saturated rings. The van der Waals surface area contributed by atoms with Crippen molar-refractivity contribution in [1.82, 2.24) is 0 Å². The highest BCUT2D eigenvalue weighted by Gasteiger charge is 2.06. The summed E-state index contributed by atoms with van der Waals surface area (Å²) in [6.07, 6.45) is 4.71. The molecule has 0 bridgehead atoms. The molecule has 4 heteroatoms. The minimum atomic E-state index is 0.0307. The quantitative estimate of drug-likeness (QED) is 0.682. The first-order valence-corrected chi connectivity index (χ1v) is 7.30. The number of nitrogens with two attached hydrogens (primary N) is 1. The summed E-state index contributed by atoms with van der Waals surface area (Å²) in [6.45, 7) is 2.72.